The minimum Gasteiger partial charge on any atom is -0.303 e. The van der Waals surface area contributed by atoms with Gasteiger partial charge in [-0.2, -0.15) is 5.10 Å². The Hall–Kier alpha value is -1.29. The number of nitrogens with zero attached hydrogens (tertiary/aromatic N) is 2. The molecule has 3 nitrogen and oxygen atoms in total. The van der Waals surface area contributed by atoms with Crippen LogP contribution >= 0.6 is 11.8 Å². The molecule has 0 amide bonds. The first-order chi connectivity index (χ1) is 9.30. The topological polar surface area (TPSA) is 34.9 Å². The van der Waals surface area contributed by atoms with Gasteiger partial charge in [-0.3, -0.25) is 4.68 Å². The second kappa shape index (κ2) is 5.37. The first-order valence-electron chi connectivity index (χ1n) is 6.78. The molecule has 1 aromatic heterocycles. The molecule has 1 aliphatic carbocycles. The highest BCUT2D eigenvalue weighted by molar-refractivity contribution is 7.98. The summed E-state index contributed by atoms with van der Waals surface area (Å²) in [6.07, 6.45) is 9.46. The average Bonchev–Trinajstić information content (AvgIpc) is 2.90. The lowest BCUT2D eigenvalue weighted by Gasteiger charge is -2.25. The van der Waals surface area contributed by atoms with E-state index in [9.17, 15) is 4.79 Å². The molecule has 0 unspecified atom stereocenters. The number of hydrogen-bond donors (Lipinski definition) is 0. The Kier molecular flexibility index (Phi) is 3.60. The van der Waals surface area contributed by atoms with E-state index in [1.54, 1.807) is 11.8 Å². The largest absolute Gasteiger partial charge is 0.303 e. The summed E-state index contributed by atoms with van der Waals surface area (Å²) in [6.45, 7) is 0. The number of carbonyl (C=O) groups is 1. The Morgan fingerprint density at radius 1 is 1.32 bits per heavy atom. The summed E-state index contributed by atoms with van der Waals surface area (Å²) in [5.74, 6) is 0.268. The van der Waals surface area contributed by atoms with Gasteiger partial charge in [-0.25, -0.2) is 0 Å². The molecule has 4 heteroatoms. The maximum absolute atomic E-state index is 10.8. The number of benzene rings is 1. The number of aldehydes is 1. The third-order valence-corrected chi connectivity index (χ3v) is 4.77. The van der Waals surface area contributed by atoms with Crippen LogP contribution in [0.1, 0.15) is 31.7 Å². The first kappa shape index (κ1) is 12.7. The lowest BCUT2D eigenvalue weighted by molar-refractivity contribution is -0.112. The van der Waals surface area contributed by atoms with Gasteiger partial charge >= 0.3 is 0 Å². The van der Waals surface area contributed by atoms with Crippen molar-refractivity contribution in [3.8, 4) is 0 Å². The summed E-state index contributed by atoms with van der Waals surface area (Å²) >= 11 is 1.74. The van der Waals surface area contributed by atoms with E-state index in [2.05, 4.69) is 35.3 Å². The van der Waals surface area contributed by atoms with Gasteiger partial charge in [0.25, 0.3) is 0 Å². The lowest BCUT2D eigenvalue weighted by Crippen LogP contribution is -2.19. The molecule has 3 rings (SSSR count). The van der Waals surface area contributed by atoms with E-state index >= 15 is 0 Å². The SMILES string of the molecule is CSc1ccc2cn(C3CCC(C=O)CC3)nc2c1. The smallest absolute Gasteiger partial charge is 0.123 e. The fourth-order valence-corrected chi connectivity index (χ4v) is 3.26. The standard InChI is InChI=1S/C15H18N2OS/c1-19-14-7-4-12-9-17(16-15(12)8-14)13-5-2-11(10-18)3-6-13/h4,7-11,13H,2-3,5-6H2,1H3. The van der Waals surface area contributed by atoms with Gasteiger partial charge < -0.3 is 4.79 Å². The zero-order valence-corrected chi connectivity index (χ0v) is 11.9. The van der Waals surface area contributed by atoms with Crippen molar-refractivity contribution in [2.75, 3.05) is 6.26 Å². The van der Waals surface area contributed by atoms with Gasteiger partial charge in [0.2, 0.25) is 0 Å². The van der Waals surface area contributed by atoms with Gasteiger partial charge in [0.05, 0.1) is 11.6 Å². The number of carbonyl (C=O) groups excluding carboxylic acids is 1. The predicted molar refractivity (Wildman–Crippen MR) is 78.6 cm³/mol. The van der Waals surface area contributed by atoms with E-state index in [0.717, 1.165) is 37.5 Å². The number of aromatic nitrogens is 2. The van der Waals surface area contributed by atoms with Crippen molar-refractivity contribution >= 4 is 29.0 Å². The van der Waals surface area contributed by atoms with Gasteiger partial charge in [-0.05, 0) is 44.1 Å². The zero-order chi connectivity index (χ0) is 13.2. The molecule has 1 aromatic carbocycles. The number of rotatable bonds is 3. The summed E-state index contributed by atoms with van der Waals surface area (Å²) in [7, 11) is 0. The minimum absolute atomic E-state index is 0.268. The van der Waals surface area contributed by atoms with Crippen LogP contribution in [0.2, 0.25) is 0 Å². The molecule has 0 spiro atoms. The quantitative estimate of drug-likeness (QED) is 0.632. The van der Waals surface area contributed by atoms with Crippen LogP contribution in [-0.4, -0.2) is 22.3 Å². The molecule has 1 heterocycles. The highest BCUT2D eigenvalue weighted by atomic mass is 32.2. The normalized spacial score (nSPS) is 23.6. The monoisotopic (exact) mass is 274 g/mol. The minimum atomic E-state index is 0.268. The molecule has 1 saturated carbocycles. The van der Waals surface area contributed by atoms with Crippen LogP contribution in [0.3, 0.4) is 0 Å². The van der Waals surface area contributed by atoms with Crippen LogP contribution in [0.4, 0.5) is 0 Å². The lowest BCUT2D eigenvalue weighted by atomic mass is 9.87. The van der Waals surface area contributed by atoms with Gasteiger partial charge in [-0.15, -0.1) is 11.8 Å². The molecule has 100 valence electrons. The highest BCUT2D eigenvalue weighted by Gasteiger charge is 2.22. The molecule has 0 N–H and O–H groups in total. The summed E-state index contributed by atoms with van der Waals surface area (Å²) in [6, 6.07) is 6.89. The highest BCUT2D eigenvalue weighted by Crippen LogP contribution is 2.32. The fourth-order valence-electron chi connectivity index (χ4n) is 2.83. The van der Waals surface area contributed by atoms with Crippen LogP contribution in [0.5, 0.6) is 0 Å². The molecule has 0 aliphatic heterocycles. The van der Waals surface area contributed by atoms with Crippen molar-refractivity contribution < 1.29 is 4.79 Å². The predicted octanol–water partition coefficient (Wildman–Crippen LogP) is 3.69. The van der Waals surface area contributed by atoms with Crippen molar-refractivity contribution in [3.63, 3.8) is 0 Å². The molecular weight excluding hydrogens is 256 g/mol. The Balaban J connectivity index is 1.83. The van der Waals surface area contributed by atoms with Crippen molar-refractivity contribution in [2.24, 2.45) is 5.92 Å². The molecule has 19 heavy (non-hydrogen) atoms. The molecule has 0 saturated heterocycles. The van der Waals surface area contributed by atoms with E-state index in [1.165, 1.54) is 10.3 Å². The Labute approximate surface area is 117 Å². The molecule has 1 fully saturated rings. The van der Waals surface area contributed by atoms with Crippen LogP contribution in [-0.2, 0) is 4.79 Å². The van der Waals surface area contributed by atoms with Crippen molar-refractivity contribution in [2.45, 2.75) is 36.6 Å². The van der Waals surface area contributed by atoms with Crippen LogP contribution in [0, 0.1) is 5.92 Å². The van der Waals surface area contributed by atoms with E-state index in [-0.39, 0.29) is 5.92 Å². The van der Waals surface area contributed by atoms with Crippen LogP contribution in [0.25, 0.3) is 10.9 Å². The maximum atomic E-state index is 10.8. The molecule has 0 atom stereocenters. The summed E-state index contributed by atoms with van der Waals surface area (Å²) in [5, 5.41) is 5.91. The Morgan fingerprint density at radius 3 is 2.79 bits per heavy atom. The average molecular weight is 274 g/mol. The molecule has 2 aromatic rings. The molecular formula is C15H18N2OS. The third-order valence-electron chi connectivity index (χ3n) is 4.04. The van der Waals surface area contributed by atoms with Crippen molar-refractivity contribution in [1.29, 1.82) is 0 Å². The Morgan fingerprint density at radius 2 is 2.11 bits per heavy atom. The first-order valence-corrected chi connectivity index (χ1v) is 8.01. The van der Waals surface area contributed by atoms with Crippen LogP contribution in [0.15, 0.2) is 29.3 Å². The van der Waals surface area contributed by atoms with E-state index in [0.29, 0.717) is 6.04 Å². The third kappa shape index (κ3) is 2.54. The van der Waals surface area contributed by atoms with E-state index < -0.39 is 0 Å². The molecule has 0 radical (unpaired) electrons. The second-order valence-corrected chi connectivity index (χ2v) is 6.12. The van der Waals surface area contributed by atoms with Gasteiger partial charge in [0, 0.05) is 22.4 Å². The second-order valence-electron chi connectivity index (χ2n) is 5.24. The van der Waals surface area contributed by atoms with Crippen molar-refractivity contribution in [3.05, 3.63) is 24.4 Å². The van der Waals surface area contributed by atoms with E-state index in [1.807, 2.05) is 0 Å². The number of thioether (sulfide) groups is 1. The van der Waals surface area contributed by atoms with Crippen LogP contribution < -0.4 is 0 Å². The molecule has 1 aliphatic rings. The van der Waals surface area contributed by atoms with E-state index in [4.69, 9.17) is 5.10 Å². The fraction of sp³-hybridized carbons (Fsp3) is 0.467. The van der Waals surface area contributed by atoms with Gasteiger partial charge in [-0.1, -0.05) is 6.07 Å². The summed E-state index contributed by atoms with van der Waals surface area (Å²) in [4.78, 5) is 12.0. The number of fused-ring (bicyclic) bond motifs is 1. The zero-order valence-electron chi connectivity index (χ0n) is 11.1. The summed E-state index contributed by atoms with van der Waals surface area (Å²) in [5.41, 5.74) is 1.07. The van der Waals surface area contributed by atoms with Gasteiger partial charge in [0.1, 0.15) is 6.29 Å². The number of hydrogen-bond acceptors (Lipinski definition) is 3. The van der Waals surface area contributed by atoms with Crippen molar-refractivity contribution in [1.82, 2.24) is 9.78 Å². The Bertz CT molecular complexity index is 585. The maximum Gasteiger partial charge on any atom is 0.123 e. The summed E-state index contributed by atoms with van der Waals surface area (Å²) < 4.78 is 2.11. The molecule has 0 bridgehead atoms. The van der Waals surface area contributed by atoms with Gasteiger partial charge in [0.15, 0.2) is 0 Å².